The van der Waals surface area contributed by atoms with Crippen LogP contribution < -0.4 is 10.9 Å². The van der Waals surface area contributed by atoms with Gasteiger partial charge in [0.05, 0.1) is 6.04 Å². The fourth-order valence-corrected chi connectivity index (χ4v) is 4.87. The molecule has 0 bridgehead atoms. The van der Waals surface area contributed by atoms with Gasteiger partial charge in [-0.05, 0) is 35.9 Å². The lowest BCUT2D eigenvalue weighted by molar-refractivity contribution is -0.116. The van der Waals surface area contributed by atoms with Crippen LogP contribution in [0.1, 0.15) is 18.2 Å². The van der Waals surface area contributed by atoms with Gasteiger partial charge in [0, 0.05) is 34.1 Å². The van der Waals surface area contributed by atoms with Crippen LogP contribution in [0.4, 0.5) is 5.69 Å². The van der Waals surface area contributed by atoms with E-state index in [0.717, 1.165) is 20.9 Å². The number of amides is 1. The molecule has 1 atom stereocenters. The van der Waals surface area contributed by atoms with Crippen molar-refractivity contribution in [3.63, 3.8) is 0 Å². The van der Waals surface area contributed by atoms with Crippen LogP contribution in [0.5, 0.6) is 0 Å². The molecule has 1 amide bonds. The molecular formula is C19H16BrN3O2S. The molecule has 4 rings (SSSR count). The number of hydrogen-bond acceptors (Lipinski definition) is 4. The number of nitrogens with one attached hydrogen (secondary N) is 1. The van der Waals surface area contributed by atoms with Crippen molar-refractivity contribution in [1.82, 2.24) is 9.55 Å². The number of aromatic nitrogens is 2. The van der Waals surface area contributed by atoms with E-state index in [1.54, 1.807) is 11.5 Å². The van der Waals surface area contributed by atoms with Gasteiger partial charge < -0.3 is 5.32 Å². The molecule has 1 unspecified atom stereocenters. The lowest BCUT2D eigenvalue weighted by Crippen LogP contribution is -2.27. The van der Waals surface area contributed by atoms with Gasteiger partial charge in [0.2, 0.25) is 5.91 Å². The van der Waals surface area contributed by atoms with Crippen LogP contribution in [0.3, 0.4) is 0 Å². The summed E-state index contributed by atoms with van der Waals surface area (Å²) in [7, 11) is 0. The molecule has 5 nitrogen and oxygen atoms in total. The zero-order chi connectivity index (χ0) is 18.3. The smallest absolute Gasteiger partial charge is 0.254 e. The highest BCUT2D eigenvalue weighted by Crippen LogP contribution is 2.32. The minimum atomic E-state index is -0.162. The predicted molar refractivity (Wildman–Crippen MR) is 108 cm³/mol. The topological polar surface area (TPSA) is 64.0 Å². The number of hydrogen-bond donors (Lipinski definition) is 1. The van der Waals surface area contributed by atoms with Gasteiger partial charge in [-0.2, -0.15) is 0 Å². The minimum absolute atomic E-state index is 0.0918. The summed E-state index contributed by atoms with van der Waals surface area (Å²) in [5, 5.41) is 5.79. The van der Waals surface area contributed by atoms with Gasteiger partial charge in [-0.25, -0.2) is 4.98 Å². The van der Waals surface area contributed by atoms with E-state index >= 15 is 0 Å². The van der Waals surface area contributed by atoms with Crippen LogP contribution in [0, 0.1) is 6.92 Å². The zero-order valence-corrected chi connectivity index (χ0v) is 16.4. The van der Waals surface area contributed by atoms with Crippen LogP contribution in [-0.2, 0) is 4.79 Å². The van der Waals surface area contributed by atoms with Crippen LogP contribution in [0.25, 0.3) is 10.8 Å². The number of carbonyl (C=O) groups excluding carboxylic acids is 1. The van der Waals surface area contributed by atoms with E-state index in [9.17, 15) is 9.59 Å². The summed E-state index contributed by atoms with van der Waals surface area (Å²) in [5.41, 5.74) is 1.37. The molecule has 0 saturated heterocycles. The lowest BCUT2D eigenvalue weighted by Gasteiger charge is -2.13. The lowest BCUT2D eigenvalue weighted by atomic mass is 10.1. The Morgan fingerprint density at radius 2 is 2.19 bits per heavy atom. The summed E-state index contributed by atoms with van der Waals surface area (Å²) in [5.74, 6) is 0.578. The Hall–Kier alpha value is -2.12. The van der Waals surface area contributed by atoms with Gasteiger partial charge in [0.25, 0.3) is 5.56 Å². The monoisotopic (exact) mass is 429 g/mol. The Morgan fingerprint density at radius 3 is 3.04 bits per heavy atom. The largest absolute Gasteiger partial charge is 0.326 e. The standard InChI is InChI=1S/C19H16BrN3O2S/c1-11-7-18(25)23-14(10-26-19(23)21-11)9-17(24)22-13-5-6-15-12(8-13)3-2-4-16(15)20/h2-8,14H,9-10H2,1H3,(H,22,24). The van der Waals surface area contributed by atoms with E-state index in [0.29, 0.717) is 16.6 Å². The summed E-state index contributed by atoms with van der Waals surface area (Å²) in [6.07, 6.45) is 0.251. The minimum Gasteiger partial charge on any atom is -0.326 e. The SMILES string of the molecule is Cc1cc(=O)n2c(n1)SCC2CC(=O)Nc1ccc2c(Br)cccc2c1. The maximum Gasteiger partial charge on any atom is 0.254 e. The number of rotatable bonds is 3. The van der Waals surface area contributed by atoms with Crippen molar-refractivity contribution in [2.75, 3.05) is 11.1 Å². The van der Waals surface area contributed by atoms with E-state index < -0.39 is 0 Å². The number of anilines is 1. The Labute approximate surface area is 163 Å². The third kappa shape index (κ3) is 3.29. The van der Waals surface area contributed by atoms with E-state index in [1.165, 1.54) is 17.8 Å². The summed E-state index contributed by atoms with van der Waals surface area (Å²) in [6, 6.07) is 13.1. The molecule has 0 saturated carbocycles. The Morgan fingerprint density at radius 1 is 1.35 bits per heavy atom. The molecular weight excluding hydrogens is 414 g/mol. The summed E-state index contributed by atoms with van der Waals surface area (Å²) in [6.45, 7) is 1.81. The van der Waals surface area contributed by atoms with Gasteiger partial charge in [0.15, 0.2) is 5.16 Å². The summed E-state index contributed by atoms with van der Waals surface area (Å²) in [4.78, 5) is 29.1. The van der Waals surface area contributed by atoms with Gasteiger partial charge in [-0.3, -0.25) is 14.2 Å². The Bertz CT molecular complexity index is 1080. The molecule has 1 aliphatic heterocycles. The maximum absolute atomic E-state index is 12.5. The summed E-state index contributed by atoms with van der Waals surface area (Å²) < 4.78 is 2.66. The number of benzene rings is 2. The van der Waals surface area contributed by atoms with Gasteiger partial charge in [-0.15, -0.1) is 0 Å². The molecule has 3 aromatic rings. The molecule has 0 fully saturated rings. The molecule has 0 aliphatic carbocycles. The Kier molecular flexibility index (Phi) is 4.58. The Balaban J connectivity index is 1.52. The first-order chi connectivity index (χ1) is 12.5. The molecule has 1 aliphatic rings. The second-order valence-electron chi connectivity index (χ2n) is 6.28. The second-order valence-corrected chi connectivity index (χ2v) is 8.12. The van der Waals surface area contributed by atoms with Crippen LogP contribution in [-0.4, -0.2) is 21.2 Å². The fraction of sp³-hybridized carbons (Fsp3) is 0.211. The predicted octanol–water partition coefficient (Wildman–Crippen LogP) is 4.14. The van der Waals surface area contributed by atoms with Crippen molar-refractivity contribution in [2.45, 2.75) is 24.5 Å². The van der Waals surface area contributed by atoms with Gasteiger partial charge in [0.1, 0.15) is 0 Å². The first kappa shape index (κ1) is 17.3. The molecule has 1 aromatic heterocycles. The number of halogens is 1. The highest BCUT2D eigenvalue weighted by molar-refractivity contribution is 9.10. The molecule has 2 aromatic carbocycles. The second kappa shape index (κ2) is 6.89. The number of carbonyl (C=O) groups is 1. The third-order valence-electron chi connectivity index (χ3n) is 4.35. The highest BCUT2D eigenvalue weighted by atomic mass is 79.9. The maximum atomic E-state index is 12.5. The van der Waals surface area contributed by atoms with E-state index in [4.69, 9.17) is 0 Å². The average molecular weight is 430 g/mol. The summed E-state index contributed by atoms with van der Waals surface area (Å²) >= 11 is 5.05. The van der Waals surface area contributed by atoms with Crippen molar-refractivity contribution < 1.29 is 4.79 Å². The zero-order valence-electron chi connectivity index (χ0n) is 14.0. The molecule has 26 heavy (non-hydrogen) atoms. The van der Waals surface area contributed by atoms with Crippen LogP contribution >= 0.6 is 27.7 Å². The normalized spacial score (nSPS) is 15.8. The van der Waals surface area contributed by atoms with E-state index in [1.807, 2.05) is 36.4 Å². The van der Waals surface area contributed by atoms with E-state index in [-0.39, 0.29) is 23.9 Å². The number of thioether (sulfide) groups is 1. The first-order valence-corrected chi connectivity index (χ1v) is 10.0. The van der Waals surface area contributed by atoms with Crippen LogP contribution in [0.15, 0.2) is 56.9 Å². The molecule has 2 heterocycles. The van der Waals surface area contributed by atoms with Crippen molar-refractivity contribution >= 4 is 50.1 Å². The van der Waals surface area contributed by atoms with Crippen molar-refractivity contribution in [3.8, 4) is 0 Å². The highest BCUT2D eigenvalue weighted by Gasteiger charge is 2.27. The third-order valence-corrected chi connectivity index (χ3v) is 6.14. The van der Waals surface area contributed by atoms with Gasteiger partial charge >= 0.3 is 0 Å². The molecule has 132 valence electrons. The van der Waals surface area contributed by atoms with Crippen molar-refractivity contribution in [3.05, 3.63) is 63.0 Å². The molecule has 0 spiro atoms. The first-order valence-electron chi connectivity index (χ1n) is 8.22. The average Bonchev–Trinajstić information content (AvgIpc) is 2.97. The fourth-order valence-electron chi connectivity index (χ4n) is 3.16. The molecule has 1 N–H and O–H groups in total. The number of nitrogens with zero attached hydrogens (tertiary/aromatic N) is 2. The van der Waals surface area contributed by atoms with Crippen molar-refractivity contribution in [1.29, 1.82) is 0 Å². The van der Waals surface area contributed by atoms with Gasteiger partial charge in [-0.1, -0.05) is 45.9 Å². The molecule has 0 radical (unpaired) electrons. The van der Waals surface area contributed by atoms with Crippen LogP contribution in [0.2, 0.25) is 0 Å². The van der Waals surface area contributed by atoms with E-state index in [2.05, 4.69) is 26.2 Å². The molecule has 7 heteroatoms. The number of fused-ring (bicyclic) bond motifs is 2. The quantitative estimate of drug-likeness (QED) is 0.635. The van der Waals surface area contributed by atoms with Crippen molar-refractivity contribution in [2.24, 2.45) is 0 Å². The number of aryl methyl sites for hydroxylation is 1.